The predicted molar refractivity (Wildman–Crippen MR) is 115 cm³/mol. The van der Waals surface area contributed by atoms with Gasteiger partial charge in [-0.2, -0.15) is 0 Å². The van der Waals surface area contributed by atoms with Crippen LogP contribution in [-0.4, -0.2) is 89.5 Å². The maximum absolute atomic E-state index is 6.02. The molecule has 0 fully saturated rings. The highest BCUT2D eigenvalue weighted by Gasteiger charge is 2.22. The zero-order valence-electron chi connectivity index (χ0n) is 18.4. The van der Waals surface area contributed by atoms with Gasteiger partial charge in [0.25, 0.3) is 0 Å². The first-order valence-corrected chi connectivity index (χ1v) is 13.7. The van der Waals surface area contributed by atoms with Crippen molar-refractivity contribution in [1.29, 1.82) is 0 Å². The highest BCUT2D eigenvalue weighted by atomic mass is 28.4. The number of rotatable bonds is 17. The van der Waals surface area contributed by atoms with Crippen molar-refractivity contribution in [2.24, 2.45) is 0 Å². The van der Waals surface area contributed by atoms with E-state index in [1.807, 2.05) is 0 Å². The van der Waals surface area contributed by atoms with Crippen LogP contribution < -0.4 is 0 Å². The Hall–Kier alpha value is 0.0569. The number of hydrogen-bond acceptors (Lipinski definition) is 4. The molecule has 0 aromatic rings. The second-order valence-corrected chi connectivity index (χ2v) is 12.4. The van der Waals surface area contributed by atoms with E-state index in [-0.39, 0.29) is 0 Å². The van der Waals surface area contributed by atoms with E-state index in [0.29, 0.717) is 0 Å². The van der Waals surface area contributed by atoms with Gasteiger partial charge in [-0.05, 0) is 112 Å². The fourth-order valence-corrected chi connectivity index (χ4v) is 5.12. The normalized spacial score (nSPS) is 12.7. The Morgan fingerprint density at radius 1 is 0.680 bits per heavy atom. The van der Waals surface area contributed by atoms with Gasteiger partial charge < -0.3 is 19.1 Å². The summed E-state index contributed by atoms with van der Waals surface area (Å²) in [6.45, 7) is 20.7. The van der Waals surface area contributed by atoms with Gasteiger partial charge in [-0.3, -0.25) is 0 Å². The lowest BCUT2D eigenvalue weighted by Crippen LogP contribution is -2.38. The van der Waals surface area contributed by atoms with Crippen molar-refractivity contribution in [1.82, 2.24) is 14.7 Å². The van der Waals surface area contributed by atoms with E-state index in [9.17, 15) is 0 Å². The van der Waals surface area contributed by atoms with Crippen LogP contribution in [-0.2, 0) is 4.43 Å². The predicted octanol–water partition coefficient (Wildman–Crippen LogP) is 3.99. The molecule has 5 heteroatoms. The van der Waals surface area contributed by atoms with Crippen LogP contribution in [0.3, 0.4) is 0 Å². The summed E-state index contributed by atoms with van der Waals surface area (Å²) in [5, 5.41) is 0. The Morgan fingerprint density at radius 3 is 1.56 bits per heavy atom. The first kappa shape index (κ1) is 25.1. The fourth-order valence-electron chi connectivity index (χ4n) is 3.34. The van der Waals surface area contributed by atoms with E-state index in [2.05, 4.69) is 62.7 Å². The van der Waals surface area contributed by atoms with Gasteiger partial charge in [0, 0.05) is 6.61 Å². The second-order valence-electron chi connectivity index (χ2n) is 8.10. The van der Waals surface area contributed by atoms with Crippen LogP contribution in [0.25, 0.3) is 0 Å². The Balaban J connectivity index is 4.29. The SMILES string of the molecule is CCCN(C)CCCN(CCCN(C)CCC)CC[Si](C)(C)OCC. The Bertz CT molecular complexity index is 285. The van der Waals surface area contributed by atoms with Crippen molar-refractivity contribution in [3.63, 3.8) is 0 Å². The van der Waals surface area contributed by atoms with Gasteiger partial charge >= 0.3 is 0 Å². The van der Waals surface area contributed by atoms with Crippen molar-refractivity contribution < 1.29 is 4.43 Å². The minimum absolute atomic E-state index is 0.864. The van der Waals surface area contributed by atoms with Crippen molar-refractivity contribution in [3.8, 4) is 0 Å². The van der Waals surface area contributed by atoms with Crippen molar-refractivity contribution in [3.05, 3.63) is 0 Å². The molecule has 0 unspecified atom stereocenters. The molecule has 0 rings (SSSR count). The van der Waals surface area contributed by atoms with Crippen LogP contribution in [0.15, 0.2) is 0 Å². The first-order chi connectivity index (χ1) is 11.8. The fraction of sp³-hybridized carbons (Fsp3) is 1.00. The van der Waals surface area contributed by atoms with Gasteiger partial charge in [0.05, 0.1) is 0 Å². The standard InChI is InChI=1S/C20H47N3OSi/c1-8-13-21(4)15-11-17-23(18-12-16-22(5)14-9-2)19-20-25(6,7)24-10-3/h8-20H2,1-7H3. The van der Waals surface area contributed by atoms with Crippen LogP contribution in [0.2, 0.25) is 19.1 Å². The second kappa shape index (κ2) is 15.1. The molecular weight excluding hydrogens is 326 g/mol. The molecule has 0 saturated heterocycles. The molecule has 4 nitrogen and oxygen atoms in total. The maximum atomic E-state index is 6.02. The van der Waals surface area contributed by atoms with Crippen molar-refractivity contribution in [2.45, 2.75) is 65.6 Å². The largest absolute Gasteiger partial charge is 0.418 e. The molecule has 0 saturated carbocycles. The average Bonchev–Trinajstić information content (AvgIpc) is 2.52. The van der Waals surface area contributed by atoms with E-state index >= 15 is 0 Å². The highest BCUT2D eigenvalue weighted by Crippen LogP contribution is 2.12. The maximum Gasteiger partial charge on any atom is 0.187 e. The van der Waals surface area contributed by atoms with E-state index < -0.39 is 8.32 Å². The van der Waals surface area contributed by atoms with Gasteiger partial charge in [-0.25, -0.2) is 0 Å². The molecule has 0 radical (unpaired) electrons. The lowest BCUT2D eigenvalue weighted by molar-refractivity contribution is 0.230. The summed E-state index contributed by atoms with van der Waals surface area (Å²) in [4.78, 5) is 7.62. The average molecular weight is 374 g/mol. The molecule has 0 aromatic carbocycles. The third kappa shape index (κ3) is 14.9. The smallest absolute Gasteiger partial charge is 0.187 e. The first-order valence-electron chi connectivity index (χ1n) is 10.6. The van der Waals surface area contributed by atoms with Gasteiger partial charge in [-0.15, -0.1) is 0 Å². The Labute approximate surface area is 160 Å². The topological polar surface area (TPSA) is 19.0 Å². The third-order valence-electron chi connectivity index (χ3n) is 4.80. The lowest BCUT2D eigenvalue weighted by atomic mass is 10.3. The zero-order valence-corrected chi connectivity index (χ0v) is 19.4. The molecule has 0 atom stereocenters. The molecule has 152 valence electrons. The van der Waals surface area contributed by atoms with Crippen LogP contribution in [0, 0.1) is 0 Å². The summed E-state index contributed by atoms with van der Waals surface area (Å²) in [5.41, 5.74) is 0. The van der Waals surface area contributed by atoms with Crippen LogP contribution in [0.5, 0.6) is 0 Å². The van der Waals surface area contributed by atoms with Crippen molar-refractivity contribution >= 4 is 8.32 Å². The molecule has 0 aliphatic rings. The summed E-state index contributed by atoms with van der Waals surface area (Å²) in [6, 6.07) is 1.25. The van der Waals surface area contributed by atoms with E-state index in [4.69, 9.17) is 4.43 Å². The van der Waals surface area contributed by atoms with Crippen LogP contribution >= 0.6 is 0 Å². The summed E-state index contributed by atoms with van der Waals surface area (Å²) >= 11 is 0. The van der Waals surface area contributed by atoms with E-state index in [1.54, 1.807) is 0 Å². The highest BCUT2D eigenvalue weighted by molar-refractivity contribution is 6.71. The molecule has 0 aliphatic carbocycles. The Kier molecular flexibility index (Phi) is 15.2. The van der Waals surface area contributed by atoms with Gasteiger partial charge in [0.15, 0.2) is 8.32 Å². The molecule has 0 amide bonds. The van der Waals surface area contributed by atoms with E-state index in [1.165, 1.54) is 77.5 Å². The van der Waals surface area contributed by atoms with E-state index in [0.717, 1.165) is 6.61 Å². The quantitative estimate of drug-likeness (QED) is 0.359. The summed E-state index contributed by atoms with van der Waals surface area (Å²) in [5.74, 6) is 0. The molecular formula is C20H47N3OSi. The molecule has 0 N–H and O–H groups in total. The molecule has 0 aromatic heterocycles. The summed E-state index contributed by atoms with van der Waals surface area (Å²) < 4.78 is 6.02. The minimum Gasteiger partial charge on any atom is -0.418 e. The molecule has 0 aliphatic heterocycles. The molecule has 0 heterocycles. The van der Waals surface area contributed by atoms with Gasteiger partial charge in [0.1, 0.15) is 0 Å². The van der Waals surface area contributed by atoms with Crippen molar-refractivity contribution in [2.75, 3.05) is 66.5 Å². The van der Waals surface area contributed by atoms with Crippen LogP contribution in [0.1, 0.15) is 46.5 Å². The van der Waals surface area contributed by atoms with Gasteiger partial charge in [-0.1, -0.05) is 13.8 Å². The number of hydrogen-bond donors (Lipinski definition) is 0. The molecule has 25 heavy (non-hydrogen) atoms. The molecule has 0 bridgehead atoms. The summed E-state index contributed by atoms with van der Waals surface area (Å²) in [6.07, 6.45) is 5.05. The Morgan fingerprint density at radius 2 is 1.16 bits per heavy atom. The van der Waals surface area contributed by atoms with Crippen LogP contribution in [0.4, 0.5) is 0 Å². The lowest BCUT2D eigenvalue weighted by Gasteiger charge is -2.29. The molecule has 0 spiro atoms. The summed E-state index contributed by atoms with van der Waals surface area (Å²) in [7, 11) is 3.02. The third-order valence-corrected chi connectivity index (χ3v) is 7.30. The van der Waals surface area contributed by atoms with Gasteiger partial charge in [0.2, 0.25) is 0 Å². The number of nitrogens with zero attached hydrogens (tertiary/aromatic N) is 3. The zero-order chi connectivity index (χ0) is 19.1. The monoisotopic (exact) mass is 373 g/mol. The minimum atomic E-state index is -1.48.